The van der Waals surface area contributed by atoms with Crippen molar-refractivity contribution in [2.24, 2.45) is 22.9 Å². The number of benzene rings is 3. The van der Waals surface area contributed by atoms with E-state index in [4.69, 9.17) is 9.47 Å². The Balaban J connectivity index is 1.14. The van der Waals surface area contributed by atoms with Crippen LogP contribution in [0.5, 0.6) is 0 Å². The van der Waals surface area contributed by atoms with Gasteiger partial charge in [-0.1, -0.05) is 89.9 Å². The van der Waals surface area contributed by atoms with Crippen molar-refractivity contribution in [3.8, 4) is 0 Å². The zero-order chi connectivity index (χ0) is 63.5. The predicted molar refractivity (Wildman–Crippen MR) is 321 cm³/mol. The Hall–Kier alpha value is -8.22. The molecule has 5 N–H and O–H groups in total. The quantitative estimate of drug-likeness (QED) is 0.0174. The summed E-state index contributed by atoms with van der Waals surface area (Å²) in [7, 11) is 6.08. The second kappa shape index (κ2) is 32.3. The van der Waals surface area contributed by atoms with Crippen LogP contribution in [0.4, 0.5) is 11.4 Å². The molecule has 466 valence electrons. The SMILES string of the molecule is CCC(C)C([C@@H](CC(=O)N1CCC[C@H]1[C@H](OC)[C@@H](C)C(=O)N[C@H](C)[C@@H](O)c1ccccc1)OC)N(C)C(=O)CNC(=O)C(C(C)C)N(C)C(=O)c1ccc(/C(C)=N/NC(=O)c2ccc(NC(=O)CCCCCN3C(=O)C=CC3=O)cc2[N+](=O)[O-])cc1. The molecule has 0 bridgehead atoms. The summed E-state index contributed by atoms with van der Waals surface area (Å²) >= 11 is 0. The number of ether oxygens (including phenoxy) is 2. The first-order chi connectivity index (χ1) is 40.8. The van der Waals surface area contributed by atoms with Crippen molar-refractivity contribution in [1.82, 2.24) is 35.7 Å². The number of nitrogens with zero attached hydrogens (tertiary/aromatic N) is 6. The Morgan fingerprint density at radius 1 is 0.849 bits per heavy atom. The fourth-order valence-electron chi connectivity index (χ4n) is 11.0. The summed E-state index contributed by atoms with van der Waals surface area (Å²) in [5, 5.41) is 35.3. The van der Waals surface area contributed by atoms with Gasteiger partial charge >= 0.3 is 0 Å². The van der Waals surface area contributed by atoms with Gasteiger partial charge in [-0.15, -0.1) is 0 Å². The molecule has 1 fully saturated rings. The molecule has 2 heterocycles. The molecule has 0 aliphatic carbocycles. The van der Waals surface area contributed by atoms with Gasteiger partial charge < -0.3 is 45.2 Å². The normalized spacial score (nSPS) is 17.0. The highest BCUT2D eigenvalue weighted by atomic mass is 16.6. The monoisotopic (exact) mass is 1190 g/mol. The lowest BCUT2D eigenvalue weighted by molar-refractivity contribution is -0.385. The molecule has 2 aliphatic rings. The highest BCUT2D eigenvalue weighted by Gasteiger charge is 2.43. The Bertz CT molecular complexity index is 2950. The van der Waals surface area contributed by atoms with Gasteiger partial charge in [0.1, 0.15) is 11.6 Å². The van der Waals surface area contributed by atoms with Gasteiger partial charge in [-0.2, -0.15) is 5.10 Å². The minimum Gasteiger partial charge on any atom is -0.386 e. The van der Waals surface area contributed by atoms with Gasteiger partial charge in [0.25, 0.3) is 29.3 Å². The first-order valence-electron chi connectivity index (χ1n) is 29.1. The topological polar surface area (TPSA) is 309 Å². The number of aliphatic hydroxyl groups excluding tert-OH is 1. The molecule has 0 radical (unpaired) electrons. The van der Waals surface area contributed by atoms with Crippen molar-refractivity contribution in [1.29, 1.82) is 0 Å². The number of likely N-dealkylation sites (N-methyl/N-ethyl adjacent to an activating group) is 2. The van der Waals surface area contributed by atoms with E-state index in [-0.39, 0.29) is 71.5 Å². The Labute approximate surface area is 502 Å². The lowest BCUT2D eigenvalue weighted by Crippen LogP contribution is -2.56. The standard InChI is InChI=1S/C62H84N10O14/c1-12-38(4)56(49(85-10)35-53(76)70-33-19-22-47(70)58(86-11)39(5)59(79)64-41(7)57(78)43-20-15-13-16-21-43)68(8)54(77)36-63-61(81)55(37(2)3)69(9)62(82)44-26-24-42(25-27-44)40(6)66-67-60(80)46-29-28-45(34-48(46)72(83)84)65-50(73)23-17-14-18-32-71-51(74)30-31-52(71)75/h13,15-16,20-21,24-31,34,37-39,41,47,49,55-58,78H,12,14,17-19,22-23,32-33,35-36H2,1-11H3,(H,63,81)(H,64,79)(H,65,73)(H,67,80)/b66-40+/t38?,39-,41-,47+,49-,55?,56?,57-,58-/m1/s1. The summed E-state index contributed by atoms with van der Waals surface area (Å²) in [4.78, 5) is 136. The number of carbonyl (C=O) groups excluding carboxylic acids is 9. The zero-order valence-electron chi connectivity index (χ0n) is 51.1. The molecule has 24 nitrogen and oxygen atoms in total. The maximum atomic E-state index is 14.3. The zero-order valence-corrected chi connectivity index (χ0v) is 51.1. The Morgan fingerprint density at radius 2 is 1.50 bits per heavy atom. The van der Waals surface area contributed by atoms with E-state index in [1.54, 1.807) is 70.8 Å². The van der Waals surface area contributed by atoms with Crippen LogP contribution in [0.15, 0.2) is 90.0 Å². The molecule has 3 aromatic carbocycles. The number of anilines is 1. The number of unbranched alkanes of at least 4 members (excludes halogenated alkanes) is 2. The second-order valence-electron chi connectivity index (χ2n) is 22.3. The minimum absolute atomic E-state index is 0.0779. The van der Waals surface area contributed by atoms with E-state index in [0.717, 1.165) is 11.0 Å². The maximum absolute atomic E-state index is 14.3. The van der Waals surface area contributed by atoms with Gasteiger partial charge in [0, 0.05) is 77.3 Å². The fraction of sp³-hybridized carbons (Fsp3) is 0.516. The van der Waals surface area contributed by atoms with Gasteiger partial charge in [0.05, 0.1) is 66.0 Å². The summed E-state index contributed by atoms with van der Waals surface area (Å²) < 4.78 is 11.9. The summed E-state index contributed by atoms with van der Waals surface area (Å²) in [6.07, 6.45) is 3.47. The lowest BCUT2D eigenvalue weighted by atomic mass is 9.90. The van der Waals surface area contributed by atoms with Crippen LogP contribution >= 0.6 is 0 Å². The Kier molecular flexibility index (Phi) is 25.8. The lowest BCUT2D eigenvalue weighted by Gasteiger charge is -2.39. The van der Waals surface area contributed by atoms with Gasteiger partial charge in [-0.25, -0.2) is 5.43 Å². The van der Waals surface area contributed by atoms with E-state index >= 15 is 0 Å². The molecule has 9 atom stereocenters. The van der Waals surface area contributed by atoms with Gasteiger partial charge in [-0.05, 0) is 86.8 Å². The van der Waals surface area contributed by atoms with Gasteiger partial charge in [0.2, 0.25) is 29.5 Å². The van der Waals surface area contributed by atoms with Crippen LogP contribution in [0.3, 0.4) is 0 Å². The third-order valence-corrected chi connectivity index (χ3v) is 16.1. The molecule has 2 aliphatic heterocycles. The molecule has 0 saturated carbocycles. The molecule has 86 heavy (non-hydrogen) atoms. The van der Waals surface area contributed by atoms with Crippen molar-refractivity contribution < 1.29 is 62.7 Å². The van der Waals surface area contributed by atoms with E-state index in [0.29, 0.717) is 56.2 Å². The average Bonchev–Trinajstić information content (AvgIpc) is 2.86. The van der Waals surface area contributed by atoms with Crippen molar-refractivity contribution in [3.63, 3.8) is 0 Å². The van der Waals surface area contributed by atoms with E-state index in [1.165, 1.54) is 67.5 Å². The van der Waals surface area contributed by atoms with E-state index < -0.39 is 101 Å². The van der Waals surface area contributed by atoms with Crippen LogP contribution in [0.1, 0.15) is 138 Å². The molecule has 5 rings (SSSR count). The van der Waals surface area contributed by atoms with Gasteiger partial charge in [-0.3, -0.25) is 58.2 Å². The first kappa shape index (κ1) is 68.6. The summed E-state index contributed by atoms with van der Waals surface area (Å²) in [6, 6.07) is 16.2. The summed E-state index contributed by atoms with van der Waals surface area (Å²) in [5.41, 5.74) is 3.19. The van der Waals surface area contributed by atoms with Crippen molar-refractivity contribution in [2.75, 3.05) is 53.3 Å². The number of carbonyl (C=O) groups is 9. The molecular weight excluding hydrogens is 1110 g/mol. The number of nitrogens with one attached hydrogen (secondary N) is 4. The number of nitro benzene ring substituents is 1. The van der Waals surface area contributed by atoms with E-state index in [1.807, 2.05) is 32.0 Å². The summed E-state index contributed by atoms with van der Waals surface area (Å²) in [5.74, 6) is -5.37. The smallest absolute Gasteiger partial charge is 0.284 e. The molecule has 9 amide bonds. The number of hydrogen-bond acceptors (Lipinski definition) is 15. The average molecular weight is 1190 g/mol. The van der Waals surface area contributed by atoms with Crippen LogP contribution in [-0.4, -0.2) is 173 Å². The van der Waals surface area contributed by atoms with Crippen LogP contribution in [0.25, 0.3) is 0 Å². The molecule has 3 aromatic rings. The van der Waals surface area contributed by atoms with Crippen LogP contribution in [0, 0.1) is 27.9 Å². The molecule has 24 heteroatoms. The molecular formula is C62H84N10O14. The summed E-state index contributed by atoms with van der Waals surface area (Å²) in [6.45, 7) is 12.8. The maximum Gasteiger partial charge on any atom is 0.284 e. The number of hydrazone groups is 1. The third-order valence-electron chi connectivity index (χ3n) is 16.1. The van der Waals surface area contributed by atoms with Crippen LogP contribution in [0.2, 0.25) is 0 Å². The largest absolute Gasteiger partial charge is 0.386 e. The van der Waals surface area contributed by atoms with Crippen LogP contribution < -0.4 is 21.4 Å². The third kappa shape index (κ3) is 17.9. The number of imide groups is 1. The van der Waals surface area contributed by atoms with Gasteiger partial charge in [0.15, 0.2) is 0 Å². The van der Waals surface area contributed by atoms with Crippen molar-refractivity contribution >= 4 is 70.3 Å². The number of aliphatic hydroxyl groups is 1. The molecule has 3 unspecified atom stereocenters. The van der Waals surface area contributed by atoms with Crippen molar-refractivity contribution in [3.05, 3.63) is 117 Å². The van der Waals surface area contributed by atoms with Crippen molar-refractivity contribution in [2.45, 2.75) is 142 Å². The molecule has 1 saturated heterocycles. The number of hydrogen-bond donors (Lipinski definition) is 5. The predicted octanol–water partition coefficient (Wildman–Crippen LogP) is 5.54. The second-order valence-corrected chi connectivity index (χ2v) is 22.3. The number of amides is 9. The van der Waals surface area contributed by atoms with E-state index in [2.05, 4.69) is 26.5 Å². The number of rotatable bonds is 31. The number of methoxy groups -OCH3 is 2. The fourth-order valence-corrected chi connectivity index (χ4v) is 11.0. The Morgan fingerprint density at radius 3 is 2.10 bits per heavy atom. The highest BCUT2D eigenvalue weighted by molar-refractivity contribution is 6.13. The number of likely N-dealkylation sites (tertiary alicyclic amines) is 1. The minimum atomic E-state index is -1.01. The van der Waals surface area contributed by atoms with Crippen LogP contribution in [-0.2, 0) is 43.0 Å². The highest BCUT2D eigenvalue weighted by Crippen LogP contribution is 2.30. The number of nitro groups is 1. The first-order valence-corrected chi connectivity index (χ1v) is 29.1. The van der Waals surface area contributed by atoms with E-state index in [9.17, 15) is 58.4 Å². The molecule has 0 spiro atoms. The molecule has 0 aromatic heterocycles.